The predicted octanol–water partition coefficient (Wildman–Crippen LogP) is 3.09. The van der Waals surface area contributed by atoms with Crippen molar-refractivity contribution in [1.82, 2.24) is 15.1 Å². The molecule has 3 fully saturated rings. The van der Waals surface area contributed by atoms with E-state index in [0.29, 0.717) is 18.6 Å². The highest BCUT2D eigenvalue weighted by molar-refractivity contribution is 5.79. The van der Waals surface area contributed by atoms with Crippen LogP contribution < -0.4 is 5.32 Å². The third-order valence-corrected chi connectivity index (χ3v) is 6.42. The number of hydrogen-bond acceptors (Lipinski definition) is 3. The maximum Gasteiger partial charge on any atom is 0.224 e. The molecule has 0 unspecified atom stereocenters. The van der Waals surface area contributed by atoms with Crippen LogP contribution in [0.15, 0.2) is 18.2 Å². The molecule has 2 heterocycles. The van der Waals surface area contributed by atoms with E-state index in [9.17, 15) is 9.18 Å². The number of carbonyl (C=O) groups excluding carboxylic acids is 1. The average Bonchev–Trinajstić information content (AvgIpc) is 3.49. The summed E-state index contributed by atoms with van der Waals surface area (Å²) in [5, 5.41) is 3.18. The third kappa shape index (κ3) is 4.88. The molecule has 0 aromatic heterocycles. The highest BCUT2D eigenvalue weighted by atomic mass is 19.1. The van der Waals surface area contributed by atoms with E-state index in [1.807, 2.05) is 19.1 Å². The summed E-state index contributed by atoms with van der Waals surface area (Å²) in [6.45, 7) is 6.67. The number of halogens is 1. The molecule has 4 rings (SSSR count). The van der Waals surface area contributed by atoms with E-state index in [1.54, 1.807) is 6.07 Å². The summed E-state index contributed by atoms with van der Waals surface area (Å²) < 4.78 is 14.1. The molecule has 148 valence electrons. The first-order valence-corrected chi connectivity index (χ1v) is 10.6. The van der Waals surface area contributed by atoms with Crippen LogP contribution in [0.3, 0.4) is 0 Å². The van der Waals surface area contributed by atoms with Gasteiger partial charge in [0.25, 0.3) is 0 Å². The van der Waals surface area contributed by atoms with Gasteiger partial charge in [-0.05, 0) is 76.7 Å². The average molecular weight is 374 g/mol. The van der Waals surface area contributed by atoms with Crippen LogP contribution in [0.2, 0.25) is 0 Å². The second-order valence-corrected chi connectivity index (χ2v) is 8.72. The SMILES string of the molecule is Cc1ccc(CN2CCC(N3CCC[C@@H](C(=O)NC4CC4)C3)CC2)c(F)c1. The lowest BCUT2D eigenvalue weighted by Gasteiger charge is -2.42. The van der Waals surface area contributed by atoms with Crippen molar-refractivity contribution in [2.24, 2.45) is 5.92 Å². The van der Waals surface area contributed by atoms with Crippen molar-refractivity contribution in [3.63, 3.8) is 0 Å². The molecular weight excluding hydrogens is 341 g/mol. The van der Waals surface area contributed by atoms with Crippen molar-refractivity contribution in [1.29, 1.82) is 0 Å². The molecule has 27 heavy (non-hydrogen) atoms. The van der Waals surface area contributed by atoms with Gasteiger partial charge in [-0.2, -0.15) is 0 Å². The van der Waals surface area contributed by atoms with E-state index in [2.05, 4.69) is 15.1 Å². The zero-order valence-corrected chi connectivity index (χ0v) is 16.4. The fraction of sp³-hybridized carbons (Fsp3) is 0.682. The zero-order valence-electron chi connectivity index (χ0n) is 16.4. The Kier molecular flexibility index (Phi) is 5.79. The molecular formula is C22H32FN3O. The lowest BCUT2D eigenvalue weighted by atomic mass is 9.93. The van der Waals surface area contributed by atoms with E-state index >= 15 is 0 Å². The Morgan fingerprint density at radius 1 is 1.15 bits per heavy atom. The highest BCUT2D eigenvalue weighted by Gasteiger charge is 2.33. The minimum Gasteiger partial charge on any atom is -0.353 e. The number of rotatable bonds is 5. The maximum atomic E-state index is 14.1. The van der Waals surface area contributed by atoms with Crippen molar-refractivity contribution in [3.05, 3.63) is 35.1 Å². The van der Waals surface area contributed by atoms with E-state index in [1.165, 1.54) is 0 Å². The number of aryl methyl sites for hydroxylation is 1. The molecule has 4 nitrogen and oxygen atoms in total. The first-order chi connectivity index (χ1) is 13.1. The molecule has 1 aromatic carbocycles. The van der Waals surface area contributed by atoms with E-state index in [0.717, 1.165) is 75.8 Å². The number of hydrogen-bond donors (Lipinski definition) is 1. The van der Waals surface area contributed by atoms with Gasteiger partial charge < -0.3 is 5.32 Å². The van der Waals surface area contributed by atoms with Gasteiger partial charge in [0.15, 0.2) is 0 Å². The van der Waals surface area contributed by atoms with E-state index in [-0.39, 0.29) is 17.6 Å². The van der Waals surface area contributed by atoms with Gasteiger partial charge >= 0.3 is 0 Å². The van der Waals surface area contributed by atoms with Crippen molar-refractivity contribution in [2.45, 2.75) is 64.1 Å². The molecule has 1 amide bonds. The van der Waals surface area contributed by atoms with Crippen LogP contribution in [0.4, 0.5) is 4.39 Å². The predicted molar refractivity (Wildman–Crippen MR) is 105 cm³/mol. The van der Waals surface area contributed by atoms with Gasteiger partial charge in [-0.15, -0.1) is 0 Å². The summed E-state index contributed by atoms with van der Waals surface area (Å²) in [5.41, 5.74) is 1.77. The van der Waals surface area contributed by atoms with Gasteiger partial charge in [-0.1, -0.05) is 12.1 Å². The summed E-state index contributed by atoms with van der Waals surface area (Å²) in [6.07, 6.45) is 6.69. The third-order valence-electron chi connectivity index (χ3n) is 6.42. The molecule has 1 aliphatic carbocycles. The summed E-state index contributed by atoms with van der Waals surface area (Å²) >= 11 is 0. The lowest BCUT2D eigenvalue weighted by molar-refractivity contribution is -0.127. The minimum atomic E-state index is -0.0855. The van der Waals surface area contributed by atoms with Crippen LogP contribution in [-0.4, -0.2) is 54.0 Å². The second kappa shape index (κ2) is 8.27. The molecule has 1 atom stereocenters. The Balaban J connectivity index is 1.26. The van der Waals surface area contributed by atoms with E-state index in [4.69, 9.17) is 0 Å². The fourth-order valence-corrected chi connectivity index (χ4v) is 4.56. The van der Waals surface area contributed by atoms with Gasteiger partial charge in [-0.3, -0.25) is 14.6 Å². The van der Waals surface area contributed by atoms with Crippen molar-refractivity contribution in [3.8, 4) is 0 Å². The normalized spacial score (nSPS) is 25.5. The first kappa shape index (κ1) is 18.9. The van der Waals surface area contributed by atoms with Crippen LogP contribution in [0, 0.1) is 18.7 Å². The molecule has 1 N–H and O–H groups in total. The monoisotopic (exact) mass is 373 g/mol. The minimum absolute atomic E-state index is 0.0855. The summed E-state index contributed by atoms with van der Waals surface area (Å²) in [7, 11) is 0. The van der Waals surface area contributed by atoms with Crippen molar-refractivity contribution < 1.29 is 9.18 Å². The quantitative estimate of drug-likeness (QED) is 0.862. The van der Waals surface area contributed by atoms with Gasteiger partial charge in [0.05, 0.1) is 5.92 Å². The van der Waals surface area contributed by atoms with Crippen LogP contribution >= 0.6 is 0 Å². The maximum absolute atomic E-state index is 14.1. The number of amides is 1. The standard InChI is InChI=1S/C22H32FN3O/c1-16-4-5-17(21(23)13-16)14-25-11-8-20(9-12-25)26-10-2-3-18(15-26)22(27)24-19-6-7-19/h4-5,13,18-20H,2-3,6-12,14-15H2,1H3,(H,24,27)/t18-/m1/s1. The molecule has 1 saturated carbocycles. The van der Waals surface area contributed by atoms with Crippen LogP contribution in [0.1, 0.15) is 49.7 Å². The lowest BCUT2D eigenvalue weighted by Crippen LogP contribution is -2.50. The fourth-order valence-electron chi connectivity index (χ4n) is 4.56. The Morgan fingerprint density at radius 3 is 2.63 bits per heavy atom. The molecule has 1 aromatic rings. The summed E-state index contributed by atoms with van der Waals surface area (Å²) in [5.74, 6) is 0.353. The van der Waals surface area contributed by atoms with Crippen molar-refractivity contribution >= 4 is 5.91 Å². The molecule has 3 aliphatic rings. The topological polar surface area (TPSA) is 35.6 Å². The number of benzene rings is 1. The molecule has 2 saturated heterocycles. The van der Waals surface area contributed by atoms with E-state index < -0.39 is 0 Å². The molecule has 0 spiro atoms. The van der Waals surface area contributed by atoms with Gasteiger partial charge in [0, 0.05) is 30.7 Å². The number of likely N-dealkylation sites (tertiary alicyclic amines) is 2. The number of nitrogens with zero attached hydrogens (tertiary/aromatic N) is 2. The number of carbonyl (C=O) groups is 1. The zero-order chi connectivity index (χ0) is 18.8. The summed E-state index contributed by atoms with van der Waals surface area (Å²) in [6, 6.07) is 6.57. The van der Waals surface area contributed by atoms with Crippen molar-refractivity contribution in [2.75, 3.05) is 26.2 Å². The Morgan fingerprint density at radius 2 is 1.93 bits per heavy atom. The van der Waals surface area contributed by atoms with Crippen LogP contribution in [0.25, 0.3) is 0 Å². The Labute approximate surface area is 162 Å². The Bertz CT molecular complexity index is 668. The molecule has 2 aliphatic heterocycles. The molecule has 0 bridgehead atoms. The van der Waals surface area contributed by atoms with Crippen LogP contribution in [0.5, 0.6) is 0 Å². The molecule has 0 radical (unpaired) electrons. The largest absolute Gasteiger partial charge is 0.353 e. The Hall–Kier alpha value is -1.46. The second-order valence-electron chi connectivity index (χ2n) is 8.72. The molecule has 5 heteroatoms. The number of piperidine rings is 2. The number of nitrogens with one attached hydrogen (secondary N) is 1. The highest BCUT2D eigenvalue weighted by Crippen LogP contribution is 2.26. The van der Waals surface area contributed by atoms with Crippen LogP contribution in [-0.2, 0) is 11.3 Å². The van der Waals surface area contributed by atoms with Gasteiger partial charge in [0.2, 0.25) is 5.91 Å². The summed E-state index contributed by atoms with van der Waals surface area (Å²) in [4.78, 5) is 17.3. The van der Waals surface area contributed by atoms with Gasteiger partial charge in [-0.25, -0.2) is 4.39 Å². The smallest absolute Gasteiger partial charge is 0.224 e. The van der Waals surface area contributed by atoms with Gasteiger partial charge in [0.1, 0.15) is 5.82 Å². The first-order valence-electron chi connectivity index (χ1n) is 10.6.